The zero-order valence-electron chi connectivity index (χ0n) is 12.1. The van der Waals surface area contributed by atoms with Crippen molar-refractivity contribution in [2.24, 2.45) is 0 Å². The molecule has 2 rings (SSSR count). The minimum Gasteiger partial charge on any atom is -0.345 e. The molecule has 2 aromatic rings. The van der Waals surface area contributed by atoms with E-state index >= 15 is 0 Å². The van der Waals surface area contributed by atoms with Crippen LogP contribution in [-0.2, 0) is 9.84 Å². The van der Waals surface area contributed by atoms with Crippen LogP contribution >= 0.6 is 11.3 Å². The fraction of sp³-hybridized carbons (Fsp3) is 0.267. The summed E-state index contributed by atoms with van der Waals surface area (Å²) in [7, 11) is -3.20. The van der Waals surface area contributed by atoms with E-state index in [2.05, 4.69) is 5.32 Å². The molecule has 1 aromatic heterocycles. The van der Waals surface area contributed by atoms with Gasteiger partial charge in [0.2, 0.25) is 0 Å². The van der Waals surface area contributed by atoms with Crippen LogP contribution < -0.4 is 5.32 Å². The van der Waals surface area contributed by atoms with Crippen molar-refractivity contribution in [2.75, 3.05) is 6.26 Å². The lowest BCUT2D eigenvalue weighted by molar-refractivity contribution is 0.0943. The van der Waals surface area contributed by atoms with E-state index < -0.39 is 9.84 Å². The largest absolute Gasteiger partial charge is 0.345 e. The maximum Gasteiger partial charge on any atom is 0.262 e. The van der Waals surface area contributed by atoms with E-state index in [9.17, 15) is 13.2 Å². The van der Waals surface area contributed by atoms with Crippen LogP contribution in [0.4, 0.5) is 0 Å². The number of amides is 1. The highest BCUT2D eigenvalue weighted by Gasteiger charge is 2.15. The van der Waals surface area contributed by atoms with Gasteiger partial charge in [0.15, 0.2) is 9.84 Å². The number of rotatable bonds is 4. The molecule has 112 valence electrons. The topological polar surface area (TPSA) is 63.2 Å². The van der Waals surface area contributed by atoms with Crippen molar-refractivity contribution in [3.8, 4) is 0 Å². The molecule has 1 heterocycles. The predicted octanol–water partition coefficient (Wildman–Crippen LogP) is 2.95. The Hall–Kier alpha value is -1.66. The number of benzene rings is 1. The molecule has 1 atom stereocenters. The Morgan fingerprint density at radius 3 is 2.29 bits per heavy atom. The van der Waals surface area contributed by atoms with E-state index in [-0.39, 0.29) is 16.8 Å². The number of sulfone groups is 1. The van der Waals surface area contributed by atoms with Crippen LogP contribution in [0.1, 0.15) is 33.8 Å². The number of carbonyl (C=O) groups excluding carboxylic acids is 1. The third-order valence-electron chi connectivity index (χ3n) is 3.22. The SMILES string of the molecule is Cc1ccsc1C(=O)N[C@@H](C)c1ccc(S(C)(=O)=O)cc1. The first-order valence-corrected chi connectivity index (χ1v) is 9.21. The molecule has 1 N–H and O–H groups in total. The molecule has 0 spiro atoms. The van der Waals surface area contributed by atoms with Gasteiger partial charge in [-0.1, -0.05) is 12.1 Å². The summed E-state index contributed by atoms with van der Waals surface area (Å²) >= 11 is 1.41. The van der Waals surface area contributed by atoms with E-state index in [0.717, 1.165) is 11.1 Å². The van der Waals surface area contributed by atoms with Crippen LogP contribution in [0.15, 0.2) is 40.6 Å². The number of carbonyl (C=O) groups is 1. The van der Waals surface area contributed by atoms with Gasteiger partial charge in [0.1, 0.15) is 0 Å². The Bertz CT molecular complexity index is 745. The first kappa shape index (κ1) is 15.7. The molecule has 4 nitrogen and oxygen atoms in total. The minimum absolute atomic E-state index is 0.109. The number of hydrogen-bond donors (Lipinski definition) is 1. The molecule has 21 heavy (non-hydrogen) atoms. The summed E-state index contributed by atoms with van der Waals surface area (Å²) in [6.07, 6.45) is 1.17. The van der Waals surface area contributed by atoms with E-state index in [1.807, 2.05) is 25.3 Å². The monoisotopic (exact) mass is 323 g/mol. The average molecular weight is 323 g/mol. The predicted molar refractivity (Wildman–Crippen MR) is 84.5 cm³/mol. The normalized spacial score (nSPS) is 12.9. The fourth-order valence-electron chi connectivity index (χ4n) is 1.95. The second-order valence-electron chi connectivity index (χ2n) is 4.97. The molecule has 1 aromatic carbocycles. The highest BCUT2D eigenvalue weighted by atomic mass is 32.2. The zero-order chi connectivity index (χ0) is 15.6. The smallest absolute Gasteiger partial charge is 0.262 e. The van der Waals surface area contributed by atoms with Gasteiger partial charge in [-0.25, -0.2) is 8.42 Å². The van der Waals surface area contributed by atoms with Gasteiger partial charge < -0.3 is 5.32 Å². The Morgan fingerprint density at radius 2 is 1.81 bits per heavy atom. The third kappa shape index (κ3) is 3.71. The lowest BCUT2D eigenvalue weighted by Crippen LogP contribution is -2.26. The van der Waals surface area contributed by atoms with E-state index in [1.165, 1.54) is 17.6 Å². The van der Waals surface area contributed by atoms with Gasteiger partial charge in [0.25, 0.3) is 5.91 Å². The Labute approximate surface area is 128 Å². The molecule has 0 saturated heterocycles. The second-order valence-corrected chi connectivity index (χ2v) is 7.90. The van der Waals surface area contributed by atoms with E-state index in [0.29, 0.717) is 4.88 Å². The van der Waals surface area contributed by atoms with Gasteiger partial charge in [-0.3, -0.25) is 4.79 Å². The van der Waals surface area contributed by atoms with Crippen molar-refractivity contribution < 1.29 is 13.2 Å². The van der Waals surface area contributed by atoms with Crippen molar-refractivity contribution in [3.63, 3.8) is 0 Å². The lowest BCUT2D eigenvalue weighted by atomic mass is 10.1. The molecule has 0 saturated carbocycles. The zero-order valence-corrected chi connectivity index (χ0v) is 13.7. The third-order valence-corrected chi connectivity index (χ3v) is 5.37. The van der Waals surface area contributed by atoms with Crippen molar-refractivity contribution in [2.45, 2.75) is 24.8 Å². The van der Waals surface area contributed by atoms with E-state index in [4.69, 9.17) is 0 Å². The van der Waals surface area contributed by atoms with Gasteiger partial charge in [-0.2, -0.15) is 0 Å². The average Bonchev–Trinajstić information content (AvgIpc) is 2.84. The molecular weight excluding hydrogens is 306 g/mol. The van der Waals surface area contributed by atoms with Gasteiger partial charge in [0.05, 0.1) is 15.8 Å². The number of hydrogen-bond acceptors (Lipinski definition) is 4. The molecule has 6 heteroatoms. The Kier molecular flexibility index (Phi) is 4.49. The van der Waals surface area contributed by atoms with Crippen LogP contribution in [0, 0.1) is 6.92 Å². The molecule has 1 amide bonds. The molecule has 0 radical (unpaired) electrons. The van der Waals surface area contributed by atoms with Crippen LogP contribution in [0.25, 0.3) is 0 Å². The number of aryl methyl sites for hydroxylation is 1. The van der Waals surface area contributed by atoms with Gasteiger partial charge in [-0.05, 0) is 48.6 Å². The van der Waals surface area contributed by atoms with Crippen LogP contribution in [-0.4, -0.2) is 20.6 Å². The summed E-state index contributed by atoms with van der Waals surface area (Å²) in [4.78, 5) is 13.1. The summed E-state index contributed by atoms with van der Waals surface area (Å²) in [6.45, 7) is 3.77. The molecule has 0 aliphatic carbocycles. The highest BCUT2D eigenvalue weighted by Crippen LogP contribution is 2.19. The molecule has 0 aliphatic rings. The summed E-state index contributed by atoms with van der Waals surface area (Å²) in [5.41, 5.74) is 1.82. The number of thiophene rings is 1. The molecule has 0 bridgehead atoms. The maximum absolute atomic E-state index is 12.1. The van der Waals surface area contributed by atoms with Crippen LogP contribution in [0.5, 0.6) is 0 Å². The molecular formula is C15H17NO3S2. The highest BCUT2D eigenvalue weighted by molar-refractivity contribution is 7.90. The van der Waals surface area contributed by atoms with E-state index in [1.54, 1.807) is 24.3 Å². The van der Waals surface area contributed by atoms with Gasteiger partial charge in [0, 0.05) is 6.26 Å². The second kappa shape index (κ2) is 5.99. The minimum atomic E-state index is -3.20. The first-order chi connectivity index (χ1) is 9.79. The quantitative estimate of drug-likeness (QED) is 0.941. The summed E-state index contributed by atoms with van der Waals surface area (Å²) in [6, 6.07) is 8.29. The standard InChI is InChI=1S/C15H17NO3S2/c1-10-8-9-20-14(10)15(17)16-11(2)12-4-6-13(7-5-12)21(3,18)19/h4-9,11H,1-3H3,(H,16,17)/t11-/m0/s1. The van der Waals surface area contributed by atoms with Crippen molar-refractivity contribution in [1.29, 1.82) is 0 Å². The maximum atomic E-state index is 12.1. The Morgan fingerprint density at radius 1 is 1.19 bits per heavy atom. The van der Waals surface area contributed by atoms with Gasteiger partial charge in [-0.15, -0.1) is 11.3 Å². The molecule has 0 aliphatic heterocycles. The van der Waals surface area contributed by atoms with Gasteiger partial charge >= 0.3 is 0 Å². The summed E-state index contributed by atoms with van der Waals surface area (Å²) < 4.78 is 22.8. The number of nitrogens with one attached hydrogen (secondary N) is 1. The molecule has 0 unspecified atom stereocenters. The van der Waals surface area contributed by atoms with Crippen LogP contribution in [0.3, 0.4) is 0 Å². The van der Waals surface area contributed by atoms with Crippen LogP contribution in [0.2, 0.25) is 0 Å². The summed E-state index contributed by atoms with van der Waals surface area (Å²) in [5.74, 6) is -0.109. The molecule has 0 fully saturated rings. The van der Waals surface area contributed by atoms with Crippen molar-refractivity contribution >= 4 is 27.1 Å². The summed E-state index contributed by atoms with van der Waals surface area (Å²) in [5, 5.41) is 4.80. The fourth-order valence-corrected chi connectivity index (χ4v) is 3.41. The Balaban J connectivity index is 2.12. The van der Waals surface area contributed by atoms with Crippen molar-refractivity contribution in [1.82, 2.24) is 5.32 Å². The van der Waals surface area contributed by atoms with Crippen molar-refractivity contribution in [3.05, 3.63) is 51.7 Å². The first-order valence-electron chi connectivity index (χ1n) is 6.44. The lowest BCUT2D eigenvalue weighted by Gasteiger charge is -2.14.